The van der Waals surface area contributed by atoms with Crippen molar-refractivity contribution in [3.63, 3.8) is 0 Å². The predicted octanol–water partition coefficient (Wildman–Crippen LogP) is 2.01. The van der Waals surface area contributed by atoms with Crippen molar-refractivity contribution < 1.29 is 4.74 Å². The summed E-state index contributed by atoms with van der Waals surface area (Å²) in [5.74, 6) is 0. The van der Waals surface area contributed by atoms with Gasteiger partial charge in [-0.25, -0.2) is 0 Å². The normalized spacial score (nSPS) is 31.7. The van der Waals surface area contributed by atoms with Crippen LogP contribution in [0.25, 0.3) is 0 Å². The summed E-state index contributed by atoms with van der Waals surface area (Å²) >= 11 is 0. The number of nitrogens with zero attached hydrogens (tertiary/aromatic N) is 1. The number of hydrogen-bond acceptors (Lipinski definition) is 3. The van der Waals surface area contributed by atoms with Gasteiger partial charge in [-0.1, -0.05) is 6.42 Å². The Balaban J connectivity index is 0.00000128. The number of likely N-dealkylation sites (tertiary alicyclic amines) is 1. The number of hydrogen-bond donors (Lipinski definition) is 1. The Morgan fingerprint density at radius 3 is 2.81 bits per heavy atom. The zero-order chi connectivity index (χ0) is 10.7. The first-order chi connectivity index (χ1) is 7.27. The molecule has 2 atom stereocenters. The summed E-state index contributed by atoms with van der Waals surface area (Å²) in [7, 11) is 0. The molecule has 2 aliphatic rings. The third-order valence-electron chi connectivity index (χ3n) is 3.62. The molecule has 0 amide bonds. The fraction of sp³-hybridized carbons (Fsp3) is 1.00. The van der Waals surface area contributed by atoms with Crippen molar-refractivity contribution in [3.8, 4) is 0 Å². The lowest BCUT2D eigenvalue weighted by Gasteiger charge is -2.39. The molecular weight excluding hydrogens is 224 g/mol. The lowest BCUT2D eigenvalue weighted by Crippen LogP contribution is -2.46. The molecule has 2 heterocycles. The number of piperidine rings is 1. The maximum absolute atomic E-state index is 5.65. The summed E-state index contributed by atoms with van der Waals surface area (Å²) in [5.41, 5.74) is 0. The van der Waals surface area contributed by atoms with Crippen LogP contribution >= 0.6 is 12.4 Å². The van der Waals surface area contributed by atoms with E-state index in [4.69, 9.17) is 4.74 Å². The average Bonchev–Trinajstić information content (AvgIpc) is 2.71. The topological polar surface area (TPSA) is 24.5 Å². The molecule has 4 heteroatoms. The second-order valence-electron chi connectivity index (χ2n) is 5.03. The van der Waals surface area contributed by atoms with E-state index in [0.29, 0.717) is 12.3 Å². The molecule has 2 aliphatic heterocycles. The van der Waals surface area contributed by atoms with E-state index in [1.54, 1.807) is 0 Å². The van der Waals surface area contributed by atoms with Crippen molar-refractivity contribution in [2.24, 2.45) is 0 Å². The molecule has 16 heavy (non-hydrogen) atoms. The van der Waals surface area contributed by atoms with E-state index in [0.717, 1.165) is 25.6 Å². The standard InChI is InChI=1S/C12H24N2O.ClH/c1-10(2)14-7-4-3-5-11(14)9-12-13-6-8-15-12;/h10-13H,3-9H2,1-2H3;1H. The van der Waals surface area contributed by atoms with Gasteiger partial charge in [-0.15, -0.1) is 12.4 Å². The Morgan fingerprint density at radius 1 is 1.38 bits per heavy atom. The highest BCUT2D eigenvalue weighted by Crippen LogP contribution is 2.23. The smallest absolute Gasteiger partial charge is 0.109 e. The summed E-state index contributed by atoms with van der Waals surface area (Å²) in [5, 5.41) is 3.41. The van der Waals surface area contributed by atoms with E-state index in [1.165, 1.54) is 25.8 Å². The molecule has 2 unspecified atom stereocenters. The molecule has 2 saturated heterocycles. The number of nitrogens with one attached hydrogen (secondary N) is 1. The van der Waals surface area contributed by atoms with Crippen LogP contribution in [0.2, 0.25) is 0 Å². The van der Waals surface area contributed by atoms with Gasteiger partial charge in [-0.3, -0.25) is 10.2 Å². The Morgan fingerprint density at radius 2 is 2.19 bits per heavy atom. The van der Waals surface area contributed by atoms with Crippen LogP contribution in [0.4, 0.5) is 0 Å². The summed E-state index contributed by atoms with van der Waals surface area (Å²) in [6.45, 7) is 7.80. The van der Waals surface area contributed by atoms with Gasteiger partial charge in [0, 0.05) is 25.0 Å². The molecule has 0 aliphatic carbocycles. The van der Waals surface area contributed by atoms with Crippen molar-refractivity contribution in [1.82, 2.24) is 10.2 Å². The lowest BCUT2D eigenvalue weighted by molar-refractivity contribution is 0.0353. The van der Waals surface area contributed by atoms with E-state index >= 15 is 0 Å². The van der Waals surface area contributed by atoms with E-state index in [-0.39, 0.29) is 12.4 Å². The van der Waals surface area contributed by atoms with Crippen molar-refractivity contribution in [3.05, 3.63) is 0 Å². The van der Waals surface area contributed by atoms with Gasteiger partial charge in [0.2, 0.25) is 0 Å². The van der Waals surface area contributed by atoms with E-state index in [2.05, 4.69) is 24.1 Å². The zero-order valence-corrected chi connectivity index (χ0v) is 11.3. The molecule has 0 bridgehead atoms. The van der Waals surface area contributed by atoms with Crippen LogP contribution in [0.5, 0.6) is 0 Å². The average molecular weight is 249 g/mol. The molecular formula is C12H25ClN2O. The van der Waals surface area contributed by atoms with Crippen molar-refractivity contribution in [1.29, 1.82) is 0 Å². The van der Waals surface area contributed by atoms with Gasteiger partial charge in [-0.05, 0) is 33.2 Å². The monoisotopic (exact) mass is 248 g/mol. The summed E-state index contributed by atoms with van der Waals surface area (Å²) in [6.07, 6.45) is 5.58. The minimum atomic E-state index is 0. The molecule has 0 aromatic heterocycles. The fourth-order valence-corrected chi connectivity index (χ4v) is 2.83. The molecule has 2 fully saturated rings. The quantitative estimate of drug-likeness (QED) is 0.827. The maximum Gasteiger partial charge on any atom is 0.109 e. The highest BCUT2D eigenvalue weighted by molar-refractivity contribution is 5.85. The van der Waals surface area contributed by atoms with Gasteiger partial charge >= 0.3 is 0 Å². The Kier molecular flexibility index (Phi) is 6.05. The Bertz CT molecular complexity index is 195. The van der Waals surface area contributed by atoms with Gasteiger partial charge in [0.1, 0.15) is 6.23 Å². The number of rotatable bonds is 3. The van der Waals surface area contributed by atoms with E-state index in [9.17, 15) is 0 Å². The first kappa shape index (κ1) is 14.2. The Hall–Kier alpha value is 0.170. The maximum atomic E-state index is 5.65. The van der Waals surface area contributed by atoms with Crippen LogP contribution in [0.15, 0.2) is 0 Å². The third kappa shape index (κ3) is 3.59. The van der Waals surface area contributed by atoms with Crippen LogP contribution < -0.4 is 5.32 Å². The summed E-state index contributed by atoms with van der Waals surface area (Å²) < 4.78 is 5.65. The highest BCUT2D eigenvalue weighted by Gasteiger charge is 2.28. The first-order valence-corrected chi connectivity index (χ1v) is 6.38. The molecule has 3 nitrogen and oxygen atoms in total. The predicted molar refractivity (Wildman–Crippen MR) is 69.1 cm³/mol. The van der Waals surface area contributed by atoms with Crippen molar-refractivity contribution >= 4 is 12.4 Å². The third-order valence-corrected chi connectivity index (χ3v) is 3.62. The second kappa shape index (κ2) is 6.80. The van der Waals surface area contributed by atoms with Crippen LogP contribution in [0, 0.1) is 0 Å². The summed E-state index contributed by atoms with van der Waals surface area (Å²) in [6, 6.07) is 1.41. The molecule has 1 N–H and O–H groups in total. The molecule has 0 saturated carbocycles. The summed E-state index contributed by atoms with van der Waals surface area (Å²) in [4.78, 5) is 2.65. The van der Waals surface area contributed by atoms with Gasteiger partial charge < -0.3 is 4.74 Å². The lowest BCUT2D eigenvalue weighted by atomic mass is 9.97. The molecule has 2 rings (SSSR count). The van der Waals surface area contributed by atoms with Crippen molar-refractivity contribution in [2.45, 2.75) is 57.8 Å². The van der Waals surface area contributed by atoms with E-state index < -0.39 is 0 Å². The molecule has 0 aromatic carbocycles. The van der Waals surface area contributed by atoms with E-state index in [1.807, 2.05) is 0 Å². The van der Waals surface area contributed by atoms with Crippen LogP contribution in [0.3, 0.4) is 0 Å². The molecule has 0 radical (unpaired) electrons. The minimum absolute atomic E-state index is 0. The van der Waals surface area contributed by atoms with Gasteiger partial charge in [0.05, 0.1) is 6.61 Å². The van der Waals surface area contributed by atoms with Gasteiger partial charge in [0.15, 0.2) is 0 Å². The highest BCUT2D eigenvalue weighted by atomic mass is 35.5. The largest absolute Gasteiger partial charge is 0.362 e. The SMILES string of the molecule is CC(C)N1CCCCC1CC1NCCO1.Cl. The van der Waals surface area contributed by atoms with Crippen LogP contribution in [-0.2, 0) is 4.74 Å². The number of ether oxygens (including phenoxy) is 1. The zero-order valence-electron chi connectivity index (χ0n) is 10.4. The number of halogens is 1. The first-order valence-electron chi connectivity index (χ1n) is 6.38. The van der Waals surface area contributed by atoms with Gasteiger partial charge in [-0.2, -0.15) is 0 Å². The minimum Gasteiger partial charge on any atom is -0.362 e. The van der Waals surface area contributed by atoms with Crippen molar-refractivity contribution in [2.75, 3.05) is 19.7 Å². The van der Waals surface area contributed by atoms with Gasteiger partial charge in [0.25, 0.3) is 0 Å². The fourth-order valence-electron chi connectivity index (χ4n) is 2.83. The Labute approximate surface area is 105 Å². The second-order valence-corrected chi connectivity index (χ2v) is 5.03. The van der Waals surface area contributed by atoms with Crippen LogP contribution in [-0.4, -0.2) is 42.9 Å². The molecule has 0 aromatic rings. The molecule has 0 spiro atoms. The van der Waals surface area contributed by atoms with Crippen LogP contribution in [0.1, 0.15) is 39.5 Å². The molecule has 96 valence electrons.